The molecule has 2 N–H and O–H groups in total. The summed E-state index contributed by atoms with van der Waals surface area (Å²) in [6, 6.07) is 8.33. The van der Waals surface area contributed by atoms with Gasteiger partial charge in [-0.25, -0.2) is 0 Å². The van der Waals surface area contributed by atoms with E-state index in [0.29, 0.717) is 13.2 Å². The van der Waals surface area contributed by atoms with E-state index >= 15 is 0 Å². The normalized spacial score (nSPS) is 9.62. The standard InChI is InChI=1S/C13H21NO.ClH/c1-2-3-4-5-12-6-8-13(9-7-12)15-11-10-14;/h6-9H,2-5,10-11,14H2,1H3;1H. The summed E-state index contributed by atoms with van der Waals surface area (Å²) in [6.45, 7) is 3.39. The van der Waals surface area contributed by atoms with Crippen LogP contribution in [-0.2, 0) is 6.42 Å². The highest BCUT2D eigenvalue weighted by Gasteiger charge is 1.95. The molecule has 0 fully saturated rings. The highest BCUT2D eigenvalue weighted by molar-refractivity contribution is 5.85. The molecule has 16 heavy (non-hydrogen) atoms. The molecule has 0 saturated heterocycles. The number of halogens is 1. The molecule has 0 saturated carbocycles. The van der Waals surface area contributed by atoms with E-state index in [0.717, 1.165) is 5.75 Å². The SMILES string of the molecule is CCCCCc1ccc(OCCN)cc1.Cl. The van der Waals surface area contributed by atoms with Crippen molar-refractivity contribution in [1.29, 1.82) is 0 Å². The van der Waals surface area contributed by atoms with Gasteiger partial charge in [0.05, 0.1) is 0 Å². The van der Waals surface area contributed by atoms with Crippen molar-refractivity contribution in [2.45, 2.75) is 32.6 Å². The van der Waals surface area contributed by atoms with E-state index in [-0.39, 0.29) is 12.4 Å². The molecule has 3 heteroatoms. The Morgan fingerprint density at radius 3 is 2.38 bits per heavy atom. The second-order valence-electron chi connectivity index (χ2n) is 3.74. The Morgan fingerprint density at radius 1 is 1.12 bits per heavy atom. The minimum atomic E-state index is 0. The van der Waals surface area contributed by atoms with Gasteiger partial charge >= 0.3 is 0 Å². The lowest BCUT2D eigenvalue weighted by atomic mass is 10.1. The molecule has 0 atom stereocenters. The van der Waals surface area contributed by atoms with Crippen LogP contribution in [0.5, 0.6) is 5.75 Å². The van der Waals surface area contributed by atoms with Crippen LogP contribution in [0.15, 0.2) is 24.3 Å². The quantitative estimate of drug-likeness (QED) is 0.747. The molecule has 0 unspecified atom stereocenters. The average molecular weight is 244 g/mol. The van der Waals surface area contributed by atoms with Crippen molar-refractivity contribution >= 4 is 12.4 Å². The molecule has 1 aromatic carbocycles. The number of benzene rings is 1. The predicted molar refractivity (Wildman–Crippen MR) is 71.5 cm³/mol. The van der Waals surface area contributed by atoms with Gasteiger partial charge in [0.15, 0.2) is 0 Å². The third kappa shape index (κ3) is 5.99. The Kier molecular flexibility index (Phi) is 9.06. The van der Waals surface area contributed by atoms with Crippen LogP contribution in [0.2, 0.25) is 0 Å². The van der Waals surface area contributed by atoms with Gasteiger partial charge in [-0.2, -0.15) is 0 Å². The summed E-state index contributed by atoms with van der Waals surface area (Å²) >= 11 is 0. The highest BCUT2D eigenvalue weighted by atomic mass is 35.5. The van der Waals surface area contributed by atoms with E-state index in [4.69, 9.17) is 10.5 Å². The molecule has 0 aromatic heterocycles. The van der Waals surface area contributed by atoms with Crippen molar-refractivity contribution in [2.75, 3.05) is 13.2 Å². The Hall–Kier alpha value is -0.730. The zero-order chi connectivity index (χ0) is 10.9. The first-order valence-corrected chi connectivity index (χ1v) is 5.78. The van der Waals surface area contributed by atoms with Gasteiger partial charge in [0.1, 0.15) is 12.4 Å². The number of unbranched alkanes of at least 4 members (excludes halogenated alkanes) is 2. The van der Waals surface area contributed by atoms with Gasteiger partial charge < -0.3 is 10.5 Å². The van der Waals surface area contributed by atoms with Crippen molar-refractivity contribution in [1.82, 2.24) is 0 Å². The lowest BCUT2D eigenvalue weighted by Gasteiger charge is -2.05. The summed E-state index contributed by atoms with van der Waals surface area (Å²) in [5.41, 5.74) is 6.75. The minimum Gasteiger partial charge on any atom is -0.492 e. The first-order valence-electron chi connectivity index (χ1n) is 5.78. The Labute approximate surface area is 105 Å². The summed E-state index contributed by atoms with van der Waals surface area (Å²) < 4.78 is 5.41. The molecule has 1 rings (SSSR count). The Balaban J connectivity index is 0.00000225. The number of ether oxygens (including phenoxy) is 1. The summed E-state index contributed by atoms with van der Waals surface area (Å²) in [4.78, 5) is 0. The third-order valence-electron chi connectivity index (χ3n) is 2.38. The number of aryl methyl sites for hydroxylation is 1. The molecule has 0 aliphatic carbocycles. The van der Waals surface area contributed by atoms with E-state index in [2.05, 4.69) is 19.1 Å². The number of rotatable bonds is 7. The predicted octanol–water partition coefficient (Wildman–Crippen LogP) is 3.18. The summed E-state index contributed by atoms with van der Waals surface area (Å²) in [7, 11) is 0. The van der Waals surface area contributed by atoms with E-state index < -0.39 is 0 Å². The summed E-state index contributed by atoms with van der Waals surface area (Å²) in [5.74, 6) is 0.916. The van der Waals surface area contributed by atoms with E-state index in [1.165, 1.54) is 31.2 Å². The Morgan fingerprint density at radius 2 is 1.81 bits per heavy atom. The monoisotopic (exact) mass is 243 g/mol. The molecule has 0 aliphatic heterocycles. The molecule has 0 bridgehead atoms. The number of hydrogen-bond donors (Lipinski definition) is 1. The van der Waals surface area contributed by atoms with Gasteiger partial charge in [-0.1, -0.05) is 31.9 Å². The van der Waals surface area contributed by atoms with Crippen molar-refractivity contribution in [3.05, 3.63) is 29.8 Å². The maximum atomic E-state index is 5.41. The van der Waals surface area contributed by atoms with Crippen molar-refractivity contribution < 1.29 is 4.74 Å². The fraction of sp³-hybridized carbons (Fsp3) is 0.538. The van der Waals surface area contributed by atoms with E-state index in [9.17, 15) is 0 Å². The first kappa shape index (κ1) is 15.3. The zero-order valence-corrected chi connectivity index (χ0v) is 10.8. The molecule has 0 radical (unpaired) electrons. The smallest absolute Gasteiger partial charge is 0.119 e. The van der Waals surface area contributed by atoms with Crippen LogP contribution in [0, 0.1) is 0 Å². The van der Waals surface area contributed by atoms with E-state index in [1.54, 1.807) is 0 Å². The molecular weight excluding hydrogens is 222 g/mol. The Bertz CT molecular complexity index is 261. The molecule has 0 spiro atoms. The van der Waals surface area contributed by atoms with Crippen LogP contribution in [0.3, 0.4) is 0 Å². The van der Waals surface area contributed by atoms with Crippen LogP contribution >= 0.6 is 12.4 Å². The highest BCUT2D eigenvalue weighted by Crippen LogP contribution is 2.13. The van der Waals surface area contributed by atoms with E-state index in [1.807, 2.05) is 12.1 Å². The maximum absolute atomic E-state index is 5.41. The number of nitrogens with two attached hydrogens (primary N) is 1. The van der Waals surface area contributed by atoms with Crippen LogP contribution in [0.1, 0.15) is 31.7 Å². The van der Waals surface area contributed by atoms with Gasteiger partial charge in [0.2, 0.25) is 0 Å². The largest absolute Gasteiger partial charge is 0.492 e. The minimum absolute atomic E-state index is 0. The second-order valence-corrected chi connectivity index (χ2v) is 3.74. The molecule has 0 amide bonds. The lowest BCUT2D eigenvalue weighted by molar-refractivity contribution is 0.328. The molecular formula is C13H22ClNO. The maximum Gasteiger partial charge on any atom is 0.119 e. The van der Waals surface area contributed by atoms with Crippen molar-refractivity contribution in [3.8, 4) is 5.75 Å². The topological polar surface area (TPSA) is 35.2 Å². The lowest BCUT2D eigenvalue weighted by Crippen LogP contribution is -2.10. The van der Waals surface area contributed by atoms with Gasteiger partial charge in [-0.15, -0.1) is 12.4 Å². The van der Waals surface area contributed by atoms with Gasteiger partial charge in [-0.05, 0) is 30.5 Å². The van der Waals surface area contributed by atoms with Crippen molar-refractivity contribution in [3.63, 3.8) is 0 Å². The van der Waals surface area contributed by atoms with Crippen LogP contribution in [0.4, 0.5) is 0 Å². The fourth-order valence-corrected chi connectivity index (χ4v) is 1.51. The fourth-order valence-electron chi connectivity index (χ4n) is 1.51. The third-order valence-corrected chi connectivity index (χ3v) is 2.38. The summed E-state index contributed by atoms with van der Waals surface area (Å²) in [5, 5.41) is 0. The second kappa shape index (κ2) is 9.49. The number of hydrogen-bond acceptors (Lipinski definition) is 2. The van der Waals surface area contributed by atoms with Gasteiger partial charge in [-0.3, -0.25) is 0 Å². The van der Waals surface area contributed by atoms with Crippen LogP contribution < -0.4 is 10.5 Å². The first-order chi connectivity index (χ1) is 7.36. The van der Waals surface area contributed by atoms with Crippen molar-refractivity contribution in [2.24, 2.45) is 5.73 Å². The summed E-state index contributed by atoms with van der Waals surface area (Å²) in [6.07, 6.45) is 5.04. The van der Waals surface area contributed by atoms with Crippen LogP contribution in [0.25, 0.3) is 0 Å². The molecule has 92 valence electrons. The molecule has 2 nitrogen and oxygen atoms in total. The van der Waals surface area contributed by atoms with Gasteiger partial charge in [0.25, 0.3) is 0 Å². The molecule has 1 aromatic rings. The van der Waals surface area contributed by atoms with Crippen LogP contribution in [-0.4, -0.2) is 13.2 Å². The average Bonchev–Trinajstić information content (AvgIpc) is 2.28. The molecule has 0 heterocycles. The molecule has 0 aliphatic rings. The zero-order valence-electron chi connectivity index (χ0n) is 9.95. The van der Waals surface area contributed by atoms with Gasteiger partial charge in [0, 0.05) is 6.54 Å².